The summed E-state index contributed by atoms with van der Waals surface area (Å²) < 4.78 is 17.2. The number of piperazine rings is 1. The summed E-state index contributed by atoms with van der Waals surface area (Å²) >= 11 is 9.94. The van der Waals surface area contributed by atoms with Crippen LogP contribution < -0.4 is 21.6 Å². The van der Waals surface area contributed by atoms with Gasteiger partial charge < -0.3 is 20.9 Å². The van der Waals surface area contributed by atoms with Crippen molar-refractivity contribution in [3.05, 3.63) is 45.1 Å². The molecule has 6 heterocycles. The number of aromatic nitrogens is 2. The lowest BCUT2D eigenvalue weighted by molar-refractivity contribution is 0.307. The number of nitrogens with one attached hydrogen (secondary N) is 1. The molecule has 2 bridgehead atoms. The fourth-order valence-electron chi connectivity index (χ4n) is 7.58. The molecule has 3 fully saturated rings. The van der Waals surface area contributed by atoms with Crippen LogP contribution in [0, 0.1) is 17.1 Å². The molecule has 2 aromatic heterocycles. The van der Waals surface area contributed by atoms with Crippen LogP contribution in [0.5, 0.6) is 0 Å². The predicted octanol–water partition coefficient (Wildman–Crippen LogP) is 5.60. The normalized spacial score (nSPS) is 23.5. The quantitative estimate of drug-likeness (QED) is 0.292. The maximum absolute atomic E-state index is 15.0. The van der Waals surface area contributed by atoms with E-state index in [2.05, 4.69) is 21.2 Å². The Balaban J connectivity index is 1.36. The van der Waals surface area contributed by atoms with E-state index < -0.39 is 5.82 Å². The number of nitrogens with two attached hydrogens (primary N) is 1. The van der Waals surface area contributed by atoms with E-state index in [1.165, 1.54) is 18.9 Å². The highest BCUT2D eigenvalue weighted by molar-refractivity contribution is 7.99. The molecule has 0 aliphatic carbocycles. The lowest BCUT2D eigenvalue weighted by atomic mass is 9.97. The van der Waals surface area contributed by atoms with E-state index in [4.69, 9.17) is 22.3 Å². The number of thiophene rings is 1. The van der Waals surface area contributed by atoms with Crippen LogP contribution in [0.1, 0.15) is 43.7 Å². The minimum atomic E-state index is -0.422. The minimum Gasteiger partial charge on any atom is -0.389 e. The van der Waals surface area contributed by atoms with Crippen molar-refractivity contribution in [1.82, 2.24) is 19.8 Å². The second-order valence-corrected chi connectivity index (χ2v) is 14.6. The summed E-state index contributed by atoms with van der Waals surface area (Å²) in [6.07, 6.45) is 5.54. The molecule has 0 spiro atoms. The summed E-state index contributed by atoms with van der Waals surface area (Å²) in [5.74, 6) is 0.962. The van der Waals surface area contributed by atoms with Crippen LogP contribution in [-0.2, 0) is 0 Å². The minimum absolute atomic E-state index is 0.0115. The second kappa shape index (κ2) is 10.6. The van der Waals surface area contributed by atoms with Gasteiger partial charge in [0.05, 0.1) is 20.8 Å². The lowest BCUT2D eigenvalue weighted by Gasteiger charge is -2.36. The molecule has 222 valence electrons. The average molecular weight is 636 g/mol. The van der Waals surface area contributed by atoms with Gasteiger partial charge in [-0.15, -0.1) is 23.1 Å². The number of halogens is 2. The largest absolute Gasteiger partial charge is 0.389 e. The van der Waals surface area contributed by atoms with Crippen molar-refractivity contribution in [1.29, 1.82) is 5.26 Å². The smallest absolute Gasteiger partial charge is 0.350 e. The Morgan fingerprint density at radius 3 is 2.72 bits per heavy atom. The maximum Gasteiger partial charge on any atom is 0.350 e. The molecule has 3 N–H and O–H groups in total. The van der Waals surface area contributed by atoms with E-state index >= 15 is 4.39 Å². The fraction of sp³-hybridized carbons (Fsp3) is 0.452. The van der Waals surface area contributed by atoms with Gasteiger partial charge in [0, 0.05) is 64.7 Å². The van der Waals surface area contributed by atoms with E-state index in [1.807, 2.05) is 10.6 Å². The highest BCUT2D eigenvalue weighted by Crippen LogP contribution is 2.51. The van der Waals surface area contributed by atoms with Crippen LogP contribution in [0.3, 0.4) is 0 Å². The number of rotatable bonds is 5. The molecular formula is C31H31ClFN7OS2. The van der Waals surface area contributed by atoms with Crippen LogP contribution in [0.2, 0.25) is 5.02 Å². The van der Waals surface area contributed by atoms with Gasteiger partial charge in [-0.1, -0.05) is 17.7 Å². The molecule has 2 unspecified atom stereocenters. The highest BCUT2D eigenvalue weighted by Gasteiger charge is 2.36. The first-order chi connectivity index (χ1) is 20.9. The molecular weight excluding hydrogens is 605 g/mol. The van der Waals surface area contributed by atoms with Crippen LogP contribution in [-0.4, -0.2) is 65.0 Å². The predicted molar refractivity (Wildman–Crippen MR) is 173 cm³/mol. The Kier molecular flexibility index (Phi) is 6.84. The number of nitrogens with zero attached hydrogens (tertiary/aromatic N) is 5. The lowest BCUT2D eigenvalue weighted by Crippen LogP contribution is -2.52. The van der Waals surface area contributed by atoms with Crippen molar-refractivity contribution in [3.8, 4) is 17.2 Å². The first kappa shape index (κ1) is 27.7. The van der Waals surface area contributed by atoms with E-state index in [-0.39, 0.29) is 22.3 Å². The molecule has 2 aromatic carbocycles. The number of hydrogen-bond donors (Lipinski definition) is 2. The third-order valence-electron chi connectivity index (χ3n) is 9.57. The zero-order valence-corrected chi connectivity index (χ0v) is 25.9. The van der Waals surface area contributed by atoms with Crippen LogP contribution in [0.15, 0.2) is 27.9 Å². The molecule has 4 aliphatic heterocycles. The molecule has 12 heteroatoms. The van der Waals surface area contributed by atoms with Gasteiger partial charge in [0.15, 0.2) is 0 Å². The molecule has 3 atom stereocenters. The van der Waals surface area contributed by atoms with Gasteiger partial charge in [-0.05, 0) is 62.9 Å². The number of hydrogen-bond acceptors (Lipinski definition) is 9. The molecule has 4 aromatic rings. The van der Waals surface area contributed by atoms with E-state index in [0.29, 0.717) is 49.9 Å². The number of fused-ring (bicyclic) bond motifs is 3. The summed E-state index contributed by atoms with van der Waals surface area (Å²) in [6.45, 7) is 4.74. The number of nitriles is 1. The zero-order chi connectivity index (χ0) is 29.4. The van der Waals surface area contributed by atoms with Gasteiger partial charge >= 0.3 is 5.69 Å². The third-order valence-corrected chi connectivity index (χ3v) is 12.1. The van der Waals surface area contributed by atoms with Gasteiger partial charge in [0.1, 0.15) is 22.7 Å². The molecule has 8 rings (SSSR count). The van der Waals surface area contributed by atoms with Crippen molar-refractivity contribution in [2.24, 2.45) is 0 Å². The number of nitrogen functional groups attached to an aromatic ring is 1. The summed E-state index contributed by atoms with van der Waals surface area (Å²) in [5.41, 5.74) is 8.41. The van der Waals surface area contributed by atoms with Gasteiger partial charge in [-0.3, -0.25) is 4.57 Å². The summed E-state index contributed by atoms with van der Waals surface area (Å²) in [4.78, 5) is 24.4. The van der Waals surface area contributed by atoms with Crippen molar-refractivity contribution >= 4 is 66.5 Å². The molecule has 4 aliphatic rings. The van der Waals surface area contributed by atoms with E-state index in [1.54, 1.807) is 17.8 Å². The Morgan fingerprint density at radius 1 is 1.21 bits per heavy atom. The molecule has 43 heavy (non-hydrogen) atoms. The van der Waals surface area contributed by atoms with Gasteiger partial charge in [0.2, 0.25) is 0 Å². The van der Waals surface area contributed by atoms with Crippen LogP contribution in [0.25, 0.3) is 32.1 Å². The number of likely N-dealkylation sites (tertiary alicyclic amines) is 1. The van der Waals surface area contributed by atoms with Crippen LogP contribution in [0.4, 0.5) is 15.2 Å². The molecule has 0 radical (unpaired) electrons. The fourth-order valence-corrected chi connectivity index (χ4v) is 10.3. The second-order valence-electron chi connectivity index (χ2n) is 12.1. The number of thioether (sulfide) groups is 1. The summed E-state index contributed by atoms with van der Waals surface area (Å²) in [7, 11) is 0. The SMILES string of the molecule is N#Cc1c(N)sc2c(F)ccc(-c3c(Cl)cc4c(N5CC6CCC(C5)N6)nc(=O)n5c4c3SC[C@@H]5CCN3CCCC3)c12. The Bertz CT molecular complexity index is 1880. The maximum atomic E-state index is 15.0. The van der Waals surface area contributed by atoms with Gasteiger partial charge in [-0.25, -0.2) is 9.18 Å². The molecule has 3 saturated heterocycles. The van der Waals surface area contributed by atoms with Crippen molar-refractivity contribution in [3.63, 3.8) is 0 Å². The summed E-state index contributed by atoms with van der Waals surface area (Å²) in [5, 5.41) is 15.8. The average Bonchev–Trinajstić information content (AvgIpc) is 3.73. The Labute approximate surface area is 261 Å². The van der Waals surface area contributed by atoms with E-state index in [9.17, 15) is 10.1 Å². The Morgan fingerprint density at radius 2 is 1.98 bits per heavy atom. The topological polar surface area (TPSA) is 103 Å². The van der Waals surface area contributed by atoms with Crippen molar-refractivity contribution in [2.45, 2.75) is 55.1 Å². The number of benzene rings is 2. The van der Waals surface area contributed by atoms with E-state index in [0.717, 1.165) is 79.1 Å². The number of anilines is 2. The molecule has 0 amide bonds. The zero-order valence-electron chi connectivity index (χ0n) is 23.5. The molecule has 0 saturated carbocycles. The van der Waals surface area contributed by atoms with Gasteiger partial charge in [-0.2, -0.15) is 10.2 Å². The van der Waals surface area contributed by atoms with Crippen molar-refractivity contribution < 1.29 is 4.39 Å². The highest BCUT2D eigenvalue weighted by atomic mass is 35.5. The monoisotopic (exact) mass is 635 g/mol. The first-order valence-electron chi connectivity index (χ1n) is 15.0. The summed E-state index contributed by atoms with van der Waals surface area (Å²) in [6, 6.07) is 7.96. The van der Waals surface area contributed by atoms with Crippen molar-refractivity contribution in [2.75, 3.05) is 49.1 Å². The van der Waals surface area contributed by atoms with Crippen LogP contribution >= 0.6 is 34.7 Å². The molecule has 8 nitrogen and oxygen atoms in total. The standard InChI is InChI=1S/C31H31ClFN7OS2/c32-22-11-20-26-28(25(22)19-5-6-23(33)27-24(19)21(12-34)29(35)43-27)42-15-18(7-10-38-8-1-2-9-38)40(26)31(41)37-30(20)39-13-16-3-4-17(14-39)36-16/h5-6,11,16-18,36H,1-4,7-10,13-15,35H2/t16?,17?,18-/m0/s1. The third kappa shape index (κ3) is 4.45. The van der Waals surface area contributed by atoms with Gasteiger partial charge in [0.25, 0.3) is 0 Å². The Hall–Kier alpha value is -2.88. The first-order valence-corrected chi connectivity index (χ1v) is 17.1.